The highest BCUT2D eigenvalue weighted by Gasteiger charge is 2.27. The zero-order valence-corrected chi connectivity index (χ0v) is 11.7. The molecule has 20 heavy (non-hydrogen) atoms. The summed E-state index contributed by atoms with van der Waals surface area (Å²) in [5.74, 6) is -0.296. The zero-order chi connectivity index (χ0) is 14.5. The van der Waals surface area contributed by atoms with Crippen LogP contribution in [0.5, 0.6) is 0 Å². The van der Waals surface area contributed by atoms with E-state index in [1.165, 1.54) is 12.1 Å². The lowest BCUT2D eigenvalue weighted by atomic mass is 9.91. The van der Waals surface area contributed by atoms with E-state index in [-0.39, 0.29) is 23.7 Å². The van der Waals surface area contributed by atoms with Gasteiger partial charge in [0.2, 0.25) is 0 Å². The van der Waals surface area contributed by atoms with Crippen molar-refractivity contribution in [1.29, 1.82) is 0 Å². The summed E-state index contributed by atoms with van der Waals surface area (Å²) in [5, 5.41) is 0. The molecule has 0 aliphatic carbocycles. The number of carbonyl (C=O) groups is 1. The van der Waals surface area contributed by atoms with Gasteiger partial charge in [-0.15, -0.1) is 0 Å². The van der Waals surface area contributed by atoms with Crippen molar-refractivity contribution in [3.8, 4) is 0 Å². The van der Waals surface area contributed by atoms with Gasteiger partial charge in [-0.3, -0.25) is 4.79 Å². The Hall–Kier alpha value is -1.62. The number of nitrogens with zero attached hydrogens (tertiary/aromatic N) is 1. The molecule has 2 rings (SSSR count). The van der Waals surface area contributed by atoms with Crippen LogP contribution in [0.15, 0.2) is 24.3 Å². The maximum atomic E-state index is 13.3. The fourth-order valence-corrected chi connectivity index (χ4v) is 2.73. The van der Waals surface area contributed by atoms with E-state index in [9.17, 15) is 9.18 Å². The van der Waals surface area contributed by atoms with Crippen molar-refractivity contribution in [3.05, 3.63) is 30.1 Å². The summed E-state index contributed by atoms with van der Waals surface area (Å²) in [6.07, 6.45) is 1.16. The molecule has 1 aromatic rings. The van der Waals surface area contributed by atoms with Crippen molar-refractivity contribution in [2.45, 2.75) is 25.8 Å². The van der Waals surface area contributed by atoms with Crippen molar-refractivity contribution in [3.63, 3.8) is 0 Å². The number of ether oxygens (including phenoxy) is 1. The Kier molecular flexibility index (Phi) is 4.95. The third-order valence-electron chi connectivity index (χ3n) is 3.50. The van der Waals surface area contributed by atoms with Crippen LogP contribution in [0.4, 0.5) is 10.1 Å². The van der Waals surface area contributed by atoms with Crippen LogP contribution in [-0.2, 0) is 9.53 Å². The maximum absolute atomic E-state index is 13.3. The van der Waals surface area contributed by atoms with Crippen LogP contribution < -0.4 is 10.6 Å². The molecular weight excluding hydrogens is 259 g/mol. The van der Waals surface area contributed by atoms with Crippen LogP contribution in [0.2, 0.25) is 0 Å². The Morgan fingerprint density at radius 3 is 3.00 bits per heavy atom. The molecule has 0 aromatic heterocycles. The lowest BCUT2D eigenvalue weighted by Crippen LogP contribution is -2.47. The molecular formula is C15H21FN2O2. The van der Waals surface area contributed by atoms with Crippen molar-refractivity contribution in [1.82, 2.24) is 0 Å². The largest absolute Gasteiger partial charge is 0.466 e. The van der Waals surface area contributed by atoms with E-state index >= 15 is 0 Å². The molecule has 1 heterocycles. The summed E-state index contributed by atoms with van der Waals surface area (Å²) in [7, 11) is 0. The third kappa shape index (κ3) is 3.93. The van der Waals surface area contributed by atoms with Gasteiger partial charge in [0.1, 0.15) is 5.82 Å². The number of rotatable bonds is 4. The molecule has 1 fully saturated rings. The molecule has 1 saturated heterocycles. The summed E-state index contributed by atoms with van der Waals surface area (Å²) in [5.41, 5.74) is 6.87. The van der Waals surface area contributed by atoms with Gasteiger partial charge < -0.3 is 15.4 Å². The number of piperidine rings is 1. The Morgan fingerprint density at radius 2 is 2.30 bits per heavy atom. The molecule has 2 atom stereocenters. The van der Waals surface area contributed by atoms with Gasteiger partial charge in [-0.25, -0.2) is 4.39 Å². The highest BCUT2D eigenvalue weighted by Crippen LogP contribution is 2.25. The van der Waals surface area contributed by atoms with Crippen LogP contribution in [0, 0.1) is 11.7 Å². The van der Waals surface area contributed by atoms with Crippen LogP contribution in [0.1, 0.15) is 19.8 Å². The van der Waals surface area contributed by atoms with Crippen molar-refractivity contribution >= 4 is 11.7 Å². The molecule has 0 spiro atoms. The van der Waals surface area contributed by atoms with E-state index in [0.29, 0.717) is 26.1 Å². The second-order valence-electron chi connectivity index (χ2n) is 5.26. The van der Waals surface area contributed by atoms with Crippen molar-refractivity contribution < 1.29 is 13.9 Å². The zero-order valence-electron chi connectivity index (χ0n) is 11.7. The number of esters is 1. The summed E-state index contributed by atoms with van der Waals surface area (Å²) in [4.78, 5) is 13.6. The van der Waals surface area contributed by atoms with E-state index in [1.807, 2.05) is 11.0 Å². The predicted octanol–water partition coefficient (Wildman–Crippen LogP) is 1.93. The van der Waals surface area contributed by atoms with E-state index < -0.39 is 0 Å². The van der Waals surface area contributed by atoms with Gasteiger partial charge in [-0.2, -0.15) is 0 Å². The standard InChI is InChI=1S/C15H21FN2O2/c1-2-20-15(19)7-11-6-13(17)10-18(9-11)14-5-3-4-12(16)8-14/h3-5,8,11,13H,2,6-7,9-10,17H2,1H3. The number of halogens is 1. The van der Waals surface area contributed by atoms with Crippen molar-refractivity contribution in [2.75, 3.05) is 24.6 Å². The summed E-state index contributed by atoms with van der Waals surface area (Å²) < 4.78 is 18.3. The summed E-state index contributed by atoms with van der Waals surface area (Å²) in [6.45, 7) is 3.58. The fraction of sp³-hybridized carbons (Fsp3) is 0.533. The molecule has 0 radical (unpaired) electrons. The predicted molar refractivity (Wildman–Crippen MR) is 75.9 cm³/mol. The lowest BCUT2D eigenvalue weighted by Gasteiger charge is -2.37. The first kappa shape index (κ1) is 14.8. The van der Waals surface area contributed by atoms with Gasteiger partial charge in [0.05, 0.1) is 13.0 Å². The monoisotopic (exact) mass is 280 g/mol. The van der Waals surface area contributed by atoms with Gasteiger partial charge in [0, 0.05) is 24.8 Å². The molecule has 4 nitrogen and oxygen atoms in total. The Bertz CT molecular complexity index is 467. The number of carbonyl (C=O) groups excluding carboxylic acids is 1. The Labute approximate surface area is 118 Å². The molecule has 5 heteroatoms. The van der Waals surface area contributed by atoms with Gasteiger partial charge >= 0.3 is 5.97 Å². The molecule has 0 bridgehead atoms. The van der Waals surface area contributed by atoms with E-state index in [0.717, 1.165) is 12.1 Å². The van der Waals surface area contributed by atoms with E-state index in [2.05, 4.69) is 0 Å². The first-order valence-electron chi connectivity index (χ1n) is 7.00. The smallest absolute Gasteiger partial charge is 0.306 e. The molecule has 1 aliphatic heterocycles. The number of benzene rings is 1. The highest BCUT2D eigenvalue weighted by atomic mass is 19.1. The first-order valence-corrected chi connectivity index (χ1v) is 7.00. The number of hydrogen-bond donors (Lipinski definition) is 1. The molecule has 2 unspecified atom stereocenters. The normalized spacial score (nSPS) is 22.6. The second-order valence-corrected chi connectivity index (χ2v) is 5.26. The van der Waals surface area contributed by atoms with Crippen LogP contribution in [-0.4, -0.2) is 31.7 Å². The molecule has 110 valence electrons. The number of hydrogen-bond acceptors (Lipinski definition) is 4. The van der Waals surface area contributed by atoms with Gasteiger partial charge in [-0.1, -0.05) is 6.07 Å². The Balaban J connectivity index is 2.02. The average molecular weight is 280 g/mol. The molecule has 0 amide bonds. The average Bonchev–Trinajstić information content (AvgIpc) is 2.38. The van der Waals surface area contributed by atoms with E-state index in [4.69, 9.17) is 10.5 Å². The molecule has 0 saturated carbocycles. The quantitative estimate of drug-likeness (QED) is 0.856. The first-order chi connectivity index (χ1) is 9.58. The minimum atomic E-state index is -0.261. The summed E-state index contributed by atoms with van der Waals surface area (Å²) in [6, 6.07) is 6.46. The summed E-state index contributed by atoms with van der Waals surface area (Å²) >= 11 is 0. The Morgan fingerprint density at radius 1 is 1.50 bits per heavy atom. The van der Waals surface area contributed by atoms with Gasteiger partial charge in [0.25, 0.3) is 0 Å². The van der Waals surface area contributed by atoms with Crippen molar-refractivity contribution in [2.24, 2.45) is 11.7 Å². The number of nitrogens with two attached hydrogens (primary N) is 1. The second kappa shape index (κ2) is 6.70. The minimum absolute atomic E-state index is 0.00792. The fourth-order valence-electron chi connectivity index (χ4n) is 2.73. The molecule has 1 aliphatic rings. The van der Waals surface area contributed by atoms with Crippen LogP contribution >= 0.6 is 0 Å². The molecule has 1 aromatic carbocycles. The van der Waals surface area contributed by atoms with Gasteiger partial charge in [0.15, 0.2) is 0 Å². The highest BCUT2D eigenvalue weighted by molar-refractivity contribution is 5.69. The van der Waals surface area contributed by atoms with E-state index in [1.54, 1.807) is 13.0 Å². The lowest BCUT2D eigenvalue weighted by molar-refractivity contribution is -0.144. The third-order valence-corrected chi connectivity index (χ3v) is 3.50. The van der Waals surface area contributed by atoms with Gasteiger partial charge in [-0.05, 0) is 37.5 Å². The minimum Gasteiger partial charge on any atom is -0.466 e. The topological polar surface area (TPSA) is 55.6 Å². The maximum Gasteiger partial charge on any atom is 0.306 e. The molecule has 2 N–H and O–H groups in total. The number of anilines is 1. The van der Waals surface area contributed by atoms with Crippen LogP contribution in [0.3, 0.4) is 0 Å². The SMILES string of the molecule is CCOC(=O)CC1CC(N)CN(c2cccc(F)c2)C1. The van der Waals surface area contributed by atoms with Crippen LogP contribution in [0.25, 0.3) is 0 Å².